The van der Waals surface area contributed by atoms with E-state index in [-0.39, 0.29) is 11.6 Å². The van der Waals surface area contributed by atoms with Crippen LogP contribution >= 0.6 is 0 Å². The average Bonchev–Trinajstić information content (AvgIpc) is 2.55. The Morgan fingerprint density at radius 3 is 1.47 bits per heavy atom. The molecule has 2 aliphatic rings. The van der Waals surface area contributed by atoms with Crippen LogP contribution < -0.4 is 5.32 Å². The second kappa shape index (κ2) is 6.32. The number of ketones is 2. The van der Waals surface area contributed by atoms with Crippen molar-refractivity contribution in [3.05, 3.63) is 61.0 Å². The molecule has 2 rings (SSSR count). The van der Waals surface area contributed by atoms with Crippen LogP contribution in [0.2, 0.25) is 0 Å². The largest absolute Gasteiger partial charge is 0.368 e. The fraction of sp³-hybridized carbons (Fsp3) is 0. The Hall–Kier alpha value is -2.16. The maximum Gasteiger partial charge on any atom is 0.178 e. The first-order valence-corrected chi connectivity index (χ1v) is 4.47. The summed E-state index contributed by atoms with van der Waals surface area (Å²) in [5.41, 5.74) is 0. The van der Waals surface area contributed by atoms with E-state index in [0.29, 0.717) is 0 Å². The minimum atomic E-state index is -0.121. The fourth-order valence-electron chi connectivity index (χ4n) is 0.846. The Balaban J connectivity index is 0.000000151. The molecule has 0 aromatic heterocycles. The molecule has 76 valence electrons. The van der Waals surface area contributed by atoms with Crippen LogP contribution in [0.25, 0.3) is 0 Å². The molecule has 0 fully saturated rings. The summed E-state index contributed by atoms with van der Waals surface area (Å²) in [6.45, 7) is 0. The third-order valence-corrected chi connectivity index (χ3v) is 1.54. The molecule has 0 saturated heterocycles. The van der Waals surface area contributed by atoms with Gasteiger partial charge in [-0.3, -0.25) is 9.59 Å². The Bertz CT molecular complexity index is 332. The summed E-state index contributed by atoms with van der Waals surface area (Å²) in [5.74, 6) is -0.241. The van der Waals surface area contributed by atoms with Gasteiger partial charge in [0.1, 0.15) is 0 Å². The maximum absolute atomic E-state index is 10.3. The lowest BCUT2D eigenvalue weighted by molar-refractivity contribution is -0.113. The predicted molar refractivity (Wildman–Crippen MR) is 58.8 cm³/mol. The van der Waals surface area contributed by atoms with Gasteiger partial charge in [-0.2, -0.15) is 0 Å². The summed E-state index contributed by atoms with van der Waals surface area (Å²) in [6.07, 6.45) is 16.6. The zero-order chi connectivity index (χ0) is 10.9. The van der Waals surface area contributed by atoms with Gasteiger partial charge in [0.15, 0.2) is 11.6 Å². The lowest BCUT2D eigenvalue weighted by Gasteiger charge is -1.87. The van der Waals surface area contributed by atoms with E-state index < -0.39 is 0 Å². The van der Waals surface area contributed by atoms with Crippen molar-refractivity contribution in [3.63, 3.8) is 0 Å². The molecule has 0 amide bonds. The van der Waals surface area contributed by atoms with E-state index in [1.165, 1.54) is 24.3 Å². The van der Waals surface area contributed by atoms with Crippen molar-refractivity contribution >= 4 is 11.6 Å². The van der Waals surface area contributed by atoms with Crippen LogP contribution in [0.4, 0.5) is 0 Å². The van der Waals surface area contributed by atoms with E-state index in [2.05, 4.69) is 5.32 Å². The highest BCUT2D eigenvalue weighted by Gasteiger charge is 1.97. The van der Waals surface area contributed by atoms with Crippen LogP contribution in [0.5, 0.6) is 0 Å². The summed E-state index contributed by atoms with van der Waals surface area (Å²) in [4.78, 5) is 20.6. The molecule has 0 radical (unpaired) electrons. The molecule has 0 saturated carbocycles. The second-order valence-corrected chi connectivity index (χ2v) is 2.74. The molecule has 0 spiro atoms. The van der Waals surface area contributed by atoms with Gasteiger partial charge < -0.3 is 5.32 Å². The van der Waals surface area contributed by atoms with Crippen molar-refractivity contribution in [2.24, 2.45) is 0 Å². The number of rotatable bonds is 0. The minimum Gasteiger partial charge on any atom is -0.368 e. The van der Waals surface area contributed by atoms with Crippen molar-refractivity contribution in [1.29, 1.82) is 0 Å². The zero-order valence-electron chi connectivity index (χ0n) is 8.09. The van der Waals surface area contributed by atoms with Crippen LogP contribution in [0.3, 0.4) is 0 Å². The molecular formula is C12H11NO2. The predicted octanol–water partition coefficient (Wildman–Crippen LogP) is 1.42. The normalized spacial score (nSPS) is 16.8. The van der Waals surface area contributed by atoms with Crippen LogP contribution in [-0.4, -0.2) is 11.6 Å². The molecule has 0 aromatic carbocycles. The number of carbonyl (C=O) groups excluding carboxylic acids is 2. The van der Waals surface area contributed by atoms with Crippen LogP contribution in [-0.2, 0) is 9.59 Å². The molecule has 1 heterocycles. The first-order valence-electron chi connectivity index (χ1n) is 4.47. The van der Waals surface area contributed by atoms with Gasteiger partial charge in [0, 0.05) is 12.4 Å². The third-order valence-electron chi connectivity index (χ3n) is 1.54. The van der Waals surface area contributed by atoms with Crippen LogP contribution in [0.15, 0.2) is 61.0 Å². The maximum atomic E-state index is 10.3. The fourth-order valence-corrected chi connectivity index (χ4v) is 0.846. The van der Waals surface area contributed by atoms with Gasteiger partial charge >= 0.3 is 0 Å². The quantitative estimate of drug-likeness (QED) is 0.603. The molecule has 1 aliphatic heterocycles. The van der Waals surface area contributed by atoms with Crippen molar-refractivity contribution in [2.45, 2.75) is 0 Å². The van der Waals surface area contributed by atoms with Crippen molar-refractivity contribution in [1.82, 2.24) is 5.32 Å². The first-order chi connectivity index (χ1) is 7.29. The van der Waals surface area contributed by atoms with Gasteiger partial charge in [-0.25, -0.2) is 0 Å². The minimum absolute atomic E-state index is 0.121. The summed E-state index contributed by atoms with van der Waals surface area (Å²) in [6, 6.07) is 0. The molecule has 0 bridgehead atoms. The molecule has 0 atom stereocenters. The summed E-state index contributed by atoms with van der Waals surface area (Å²) >= 11 is 0. The van der Waals surface area contributed by atoms with Crippen molar-refractivity contribution < 1.29 is 9.59 Å². The Morgan fingerprint density at radius 1 is 0.667 bits per heavy atom. The molecule has 1 N–H and O–H groups in total. The third kappa shape index (κ3) is 5.21. The van der Waals surface area contributed by atoms with E-state index in [0.717, 1.165) is 0 Å². The molecule has 3 nitrogen and oxygen atoms in total. The summed E-state index contributed by atoms with van der Waals surface area (Å²) < 4.78 is 0. The Kier molecular flexibility index (Phi) is 4.60. The lowest BCUT2D eigenvalue weighted by Crippen LogP contribution is -1.97. The molecule has 0 aromatic rings. The topological polar surface area (TPSA) is 46.2 Å². The van der Waals surface area contributed by atoms with Gasteiger partial charge in [-0.1, -0.05) is 12.2 Å². The van der Waals surface area contributed by atoms with Crippen LogP contribution in [0, 0.1) is 0 Å². The van der Waals surface area contributed by atoms with E-state index in [1.807, 2.05) is 36.7 Å². The van der Waals surface area contributed by atoms with Crippen molar-refractivity contribution in [3.8, 4) is 0 Å². The van der Waals surface area contributed by atoms with Crippen molar-refractivity contribution in [2.75, 3.05) is 0 Å². The second-order valence-electron chi connectivity index (χ2n) is 2.74. The summed E-state index contributed by atoms with van der Waals surface area (Å²) in [7, 11) is 0. The number of nitrogens with one attached hydrogen (secondary N) is 1. The smallest absolute Gasteiger partial charge is 0.178 e. The summed E-state index contributed by atoms with van der Waals surface area (Å²) in [5, 5.41) is 2.92. The first kappa shape index (κ1) is 10.9. The zero-order valence-corrected chi connectivity index (χ0v) is 8.09. The molecule has 1 aliphatic carbocycles. The molecular weight excluding hydrogens is 190 g/mol. The highest BCUT2D eigenvalue weighted by atomic mass is 16.1. The highest BCUT2D eigenvalue weighted by molar-refractivity contribution is 6.14. The van der Waals surface area contributed by atoms with Gasteiger partial charge in [-0.15, -0.1) is 0 Å². The van der Waals surface area contributed by atoms with Gasteiger partial charge in [0.05, 0.1) is 0 Å². The van der Waals surface area contributed by atoms with E-state index in [1.54, 1.807) is 0 Å². The molecule has 15 heavy (non-hydrogen) atoms. The highest BCUT2D eigenvalue weighted by Crippen LogP contribution is 1.90. The van der Waals surface area contributed by atoms with E-state index in [9.17, 15) is 9.59 Å². The number of hydrogen-bond donors (Lipinski definition) is 1. The Labute approximate surface area is 88.2 Å². The van der Waals surface area contributed by atoms with Gasteiger partial charge in [0.25, 0.3) is 0 Å². The lowest BCUT2D eigenvalue weighted by atomic mass is 10.2. The average molecular weight is 201 g/mol. The van der Waals surface area contributed by atoms with E-state index >= 15 is 0 Å². The molecule has 3 heteroatoms. The monoisotopic (exact) mass is 201 g/mol. The van der Waals surface area contributed by atoms with Crippen LogP contribution in [0.1, 0.15) is 0 Å². The SMILES string of the molecule is C1=CC=CNC=C1.O=C1C=CC(=O)C=C1. The molecule has 0 unspecified atom stereocenters. The number of carbonyl (C=O) groups is 2. The van der Waals surface area contributed by atoms with Gasteiger partial charge in [-0.05, 0) is 36.5 Å². The standard InChI is InChI=1S/C6H7N.C6H4O2/c1-2-4-6-7-5-3-1;7-5-1-2-6(8)4-3-5/h1-7H;1-4H. The van der Waals surface area contributed by atoms with Gasteiger partial charge in [0.2, 0.25) is 0 Å². The van der Waals surface area contributed by atoms with E-state index in [4.69, 9.17) is 0 Å². The number of allylic oxidation sites excluding steroid dienone is 8. The number of hydrogen-bond acceptors (Lipinski definition) is 3. The Morgan fingerprint density at radius 2 is 1.07 bits per heavy atom.